The van der Waals surface area contributed by atoms with E-state index < -0.39 is 0 Å². The Morgan fingerprint density at radius 1 is 1.53 bits per heavy atom. The molecule has 1 aliphatic rings. The van der Waals surface area contributed by atoms with Crippen LogP contribution < -0.4 is 0 Å². The van der Waals surface area contributed by atoms with Gasteiger partial charge in [0.15, 0.2) is 5.78 Å². The van der Waals surface area contributed by atoms with Crippen molar-refractivity contribution in [3.8, 4) is 0 Å². The Morgan fingerprint density at radius 2 is 2.24 bits per heavy atom. The lowest BCUT2D eigenvalue weighted by molar-refractivity contribution is -0.113. The first kappa shape index (κ1) is 14.7. The third-order valence-corrected chi connectivity index (χ3v) is 3.77. The highest BCUT2D eigenvalue weighted by atomic mass is 127. The van der Waals surface area contributed by atoms with E-state index in [-0.39, 0.29) is 21.6 Å². The van der Waals surface area contributed by atoms with Crippen molar-refractivity contribution in [3.63, 3.8) is 0 Å². The van der Waals surface area contributed by atoms with Gasteiger partial charge in [0.25, 0.3) is 0 Å². The standard InChI is InChI=1S/C12H17IO4/c1-8(14)9-6-10(15)12(13)11(7-9)17-5-3-4-16-2/h6-7,11-12,15H,3-5H2,1-2H3. The van der Waals surface area contributed by atoms with E-state index in [1.807, 2.05) is 0 Å². The van der Waals surface area contributed by atoms with Gasteiger partial charge < -0.3 is 14.6 Å². The highest BCUT2D eigenvalue weighted by molar-refractivity contribution is 14.1. The molecule has 0 heterocycles. The largest absolute Gasteiger partial charge is 0.511 e. The molecule has 0 fully saturated rings. The van der Waals surface area contributed by atoms with Gasteiger partial charge in [-0.2, -0.15) is 0 Å². The predicted molar refractivity (Wildman–Crippen MR) is 73.5 cm³/mol. The quantitative estimate of drug-likeness (QED) is 0.452. The molecule has 5 heteroatoms. The predicted octanol–water partition coefficient (Wildman–Crippen LogP) is 2.18. The molecule has 0 aromatic heterocycles. The van der Waals surface area contributed by atoms with Crippen LogP contribution in [0.2, 0.25) is 0 Å². The molecule has 4 nitrogen and oxygen atoms in total. The summed E-state index contributed by atoms with van der Waals surface area (Å²) < 4.78 is 10.4. The number of aliphatic hydroxyl groups is 1. The van der Waals surface area contributed by atoms with Gasteiger partial charge in [0, 0.05) is 25.9 Å². The number of rotatable bonds is 6. The van der Waals surface area contributed by atoms with Crippen molar-refractivity contribution in [2.45, 2.75) is 23.4 Å². The maximum absolute atomic E-state index is 11.3. The van der Waals surface area contributed by atoms with Gasteiger partial charge in [-0.3, -0.25) is 4.79 Å². The van der Waals surface area contributed by atoms with E-state index >= 15 is 0 Å². The molecule has 0 bridgehead atoms. The summed E-state index contributed by atoms with van der Waals surface area (Å²) in [6.45, 7) is 2.67. The number of hydrogen-bond donors (Lipinski definition) is 1. The van der Waals surface area contributed by atoms with E-state index in [4.69, 9.17) is 9.47 Å². The Kier molecular flexibility index (Phi) is 6.15. The Balaban J connectivity index is 2.58. The Bertz CT molecular complexity index is 335. The number of carbonyl (C=O) groups is 1. The lowest BCUT2D eigenvalue weighted by Crippen LogP contribution is -2.28. The molecule has 0 saturated heterocycles. The third-order valence-electron chi connectivity index (χ3n) is 2.43. The van der Waals surface area contributed by atoms with Crippen molar-refractivity contribution < 1.29 is 19.4 Å². The molecule has 17 heavy (non-hydrogen) atoms. The molecule has 0 spiro atoms. The smallest absolute Gasteiger partial charge is 0.159 e. The Labute approximate surface area is 115 Å². The number of ether oxygens (including phenoxy) is 2. The second-order valence-corrected chi connectivity index (χ2v) is 5.17. The van der Waals surface area contributed by atoms with Crippen molar-refractivity contribution >= 4 is 28.4 Å². The summed E-state index contributed by atoms with van der Waals surface area (Å²) in [5.74, 6) is 0.125. The number of hydrogen-bond acceptors (Lipinski definition) is 4. The van der Waals surface area contributed by atoms with E-state index in [2.05, 4.69) is 22.6 Å². The van der Waals surface area contributed by atoms with E-state index in [1.165, 1.54) is 13.0 Å². The summed E-state index contributed by atoms with van der Waals surface area (Å²) >= 11 is 2.11. The monoisotopic (exact) mass is 352 g/mol. The van der Waals surface area contributed by atoms with Gasteiger partial charge in [0.05, 0.1) is 10.0 Å². The highest BCUT2D eigenvalue weighted by Gasteiger charge is 2.26. The number of methoxy groups -OCH3 is 1. The van der Waals surface area contributed by atoms with Crippen molar-refractivity contribution in [2.24, 2.45) is 0 Å². The summed E-state index contributed by atoms with van der Waals surface area (Å²) in [6.07, 6.45) is 3.82. The average Bonchev–Trinajstić information content (AvgIpc) is 2.29. The topological polar surface area (TPSA) is 55.8 Å². The number of alkyl halides is 1. The van der Waals surface area contributed by atoms with Crippen LogP contribution in [0.15, 0.2) is 23.5 Å². The van der Waals surface area contributed by atoms with E-state index in [1.54, 1.807) is 13.2 Å². The molecule has 0 aromatic rings. The summed E-state index contributed by atoms with van der Waals surface area (Å²) in [7, 11) is 1.64. The van der Waals surface area contributed by atoms with E-state index in [9.17, 15) is 9.90 Å². The first-order valence-electron chi connectivity index (χ1n) is 5.44. The van der Waals surface area contributed by atoms with Crippen LogP contribution in [0.3, 0.4) is 0 Å². The van der Waals surface area contributed by atoms with Gasteiger partial charge in [-0.05, 0) is 25.5 Å². The van der Waals surface area contributed by atoms with Gasteiger partial charge in [-0.15, -0.1) is 0 Å². The molecule has 0 aliphatic heterocycles. The number of carbonyl (C=O) groups excluding carboxylic acids is 1. The first-order valence-corrected chi connectivity index (χ1v) is 6.68. The molecular weight excluding hydrogens is 335 g/mol. The summed E-state index contributed by atoms with van der Waals surface area (Å²) in [4.78, 5) is 11.3. The van der Waals surface area contributed by atoms with E-state index in [0.29, 0.717) is 18.8 Å². The van der Waals surface area contributed by atoms with Gasteiger partial charge in [0.1, 0.15) is 5.76 Å². The van der Waals surface area contributed by atoms with Gasteiger partial charge in [-0.1, -0.05) is 22.6 Å². The second-order valence-electron chi connectivity index (χ2n) is 3.83. The number of Topliss-reactive ketones (excluding diaryl/α,β-unsaturated/α-hetero) is 1. The van der Waals surface area contributed by atoms with Crippen LogP contribution in [0.25, 0.3) is 0 Å². The van der Waals surface area contributed by atoms with Crippen LogP contribution in [0, 0.1) is 0 Å². The lowest BCUT2D eigenvalue weighted by atomic mass is 10.0. The zero-order valence-corrected chi connectivity index (χ0v) is 12.1. The summed E-state index contributed by atoms with van der Waals surface area (Å²) in [6, 6.07) is 0. The van der Waals surface area contributed by atoms with Gasteiger partial charge in [0.2, 0.25) is 0 Å². The summed E-state index contributed by atoms with van der Waals surface area (Å²) in [5, 5.41) is 9.73. The molecule has 0 saturated carbocycles. The molecule has 0 amide bonds. The number of ketones is 1. The molecule has 0 aromatic carbocycles. The molecule has 2 atom stereocenters. The van der Waals surface area contributed by atoms with Crippen molar-refractivity contribution in [1.82, 2.24) is 0 Å². The fourth-order valence-electron chi connectivity index (χ4n) is 1.49. The first-order chi connectivity index (χ1) is 8.06. The van der Waals surface area contributed by atoms with Crippen LogP contribution in [0.1, 0.15) is 13.3 Å². The van der Waals surface area contributed by atoms with Crippen molar-refractivity contribution in [3.05, 3.63) is 23.5 Å². The van der Waals surface area contributed by atoms with E-state index in [0.717, 1.165) is 6.42 Å². The van der Waals surface area contributed by atoms with Crippen LogP contribution >= 0.6 is 22.6 Å². The normalized spacial score (nSPS) is 24.2. The molecule has 1 N–H and O–H groups in total. The zero-order chi connectivity index (χ0) is 12.8. The molecule has 1 rings (SSSR count). The van der Waals surface area contributed by atoms with Crippen molar-refractivity contribution in [1.29, 1.82) is 0 Å². The number of halogens is 1. The van der Waals surface area contributed by atoms with Crippen LogP contribution in [-0.4, -0.2) is 41.2 Å². The van der Waals surface area contributed by atoms with Crippen LogP contribution in [0.4, 0.5) is 0 Å². The molecule has 1 aliphatic carbocycles. The second kappa shape index (κ2) is 7.13. The van der Waals surface area contributed by atoms with Crippen LogP contribution in [0.5, 0.6) is 0 Å². The minimum absolute atomic E-state index is 0.0645. The molecular formula is C12H17IO4. The minimum Gasteiger partial charge on any atom is -0.511 e. The fourth-order valence-corrected chi connectivity index (χ4v) is 2.09. The fraction of sp³-hybridized carbons (Fsp3) is 0.583. The minimum atomic E-state index is -0.253. The maximum atomic E-state index is 11.3. The summed E-state index contributed by atoms with van der Waals surface area (Å²) in [5.41, 5.74) is 0.507. The third kappa shape index (κ3) is 4.40. The van der Waals surface area contributed by atoms with Gasteiger partial charge >= 0.3 is 0 Å². The highest BCUT2D eigenvalue weighted by Crippen LogP contribution is 2.26. The molecule has 0 radical (unpaired) electrons. The molecule has 96 valence electrons. The number of allylic oxidation sites excluding steroid dienone is 2. The maximum Gasteiger partial charge on any atom is 0.159 e. The average molecular weight is 352 g/mol. The SMILES string of the molecule is COCCCOC1C=C(C(C)=O)C=C(O)C1I. The molecule has 2 unspecified atom stereocenters. The Morgan fingerprint density at radius 3 is 2.82 bits per heavy atom. The zero-order valence-electron chi connectivity index (χ0n) is 9.98. The number of aliphatic hydroxyl groups excluding tert-OH is 1. The van der Waals surface area contributed by atoms with Gasteiger partial charge in [-0.25, -0.2) is 0 Å². The van der Waals surface area contributed by atoms with Crippen LogP contribution in [-0.2, 0) is 14.3 Å². The lowest BCUT2D eigenvalue weighted by Gasteiger charge is -2.24. The Hall–Kier alpha value is -0.400. The van der Waals surface area contributed by atoms with Crippen molar-refractivity contribution in [2.75, 3.05) is 20.3 Å².